The van der Waals surface area contributed by atoms with Crippen molar-refractivity contribution >= 4 is 33.2 Å². The van der Waals surface area contributed by atoms with Gasteiger partial charge in [-0.3, -0.25) is 9.10 Å². The second kappa shape index (κ2) is 9.70. The summed E-state index contributed by atoms with van der Waals surface area (Å²) in [5, 5.41) is -0.548. The fourth-order valence-electron chi connectivity index (χ4n) is 3.58. The molecule has 1 heterocycles. The van der Waals surface area contributed by atoms with Crippen LogP contribution in [-0.4, -0.2) is 38.9 Å². The van der Waals surface area contributed by atoms with Crippen LogP contribution in [0.4, 0.5) is 18.9 Å². The summed E-state index contributed by atoms with van der Waals surface area (Å²) in [6, 6.07) is 8.76. The van der Waals surface area contributed by atoms with Crippen molar-refractivity contribution in [2.45, 2.75) is 43.7 Å². The van der Waals surface area contributed by atoms with E-state index in [1.54, 1.807) is 24.0 Å². The van der Waals surface area contributed by atoms with E-state index in [2.05, 4.69) is 0 Å². The molecule has 0 aromatic heterocycles. The van der Waals surface area contributed by atoms with E-state index in [9.17, 15) is 26.4 Å². The smallest absolute Gasteiger partial charge is 0.341 e. The van der Waals surface area contributed by atoms with E-state index in [0.717, 1.165) is 41.6 Å². The van der Waals surface area contributed by atoms with Gasteiger partial charge in [0, 0.05) is 13.1 Å². The molecule has 1 saturated heterocycles. The lowest BCUT2D eigenvalue weighted by Gasteiger charge is -2.28. The third kappa shape index (κ3) is 5.56. The number of likely N-dealkylation sites (tertiary alicyclic amines) is 1. The lowest BCUT2D eigenvalue weighted by molar-refractivity contribution is -0.137. The number of alkyl halides is 3. The molecule has 1 aliphatic rings. The highest BCUT2D eigenvalue weighted by atomic mass is 35.5. The number of sulfonamides is 1. The van der Waals surface area contributed by atoms with E-state index < -0.39 is 39.2 Å². The summed E-state index contributed by atoms with van der Waals surface area (Å²) in [7, 11) is -4.31. The number of rotatable bonds is 5. The van der Waals surface area contributed by atoms with Crippen LogP contribution in [-0.2, 0) is 21.0 Å². The number of carbonyl (C=O) groups is 1. The number of carbonyl (C=O) groups excluding carboxylic acids is 1. The van der Waals surface area contributed by atoms with Crippen LogP contribution < -0.4 is 4.31 Å². The van der Waals surface area contributed by atoms with Crippen molar-refractivity contribution < 1.29 is 26.4 Å². The molecule has 0 saturated carbocycles. The van der Waals surface area contributed by atoms with Gasteiger partial charge < -0.3 is 4.90 Å². The number of anilines is 1. The first-order valence-corrected chi connectivity index (χ1v) is 12.1. The molecule has 10 heteroatoms. The van der Waals surface area contributed by atoms with Gasteiger partial charge in [0.1, 0.15) is 6.54 Å². The Bertz CT molecular complexity index is 1060. The fourth-order valence-corrected chi connectivity index (χ4v) is 5.21. The van der Waals surface area contributed by atoms with E-state index in [4.69, 9.17) is 11.6 Å². The number of halogens is 4. The van der Waals surface area contributed by atoms with Gasteiger partial charge >= 0.3 is 6.18 Å². The number of hydrogen-bond donors (Lipinski definition) is 0. The largest absolute Gasteiger partial charge is 0.417 e. The minimum absolute atomic E-state index is 0.115. The van der Waals surface area contributed by atoms with E-state index >= 15 is 0 Å². The third-order valence-electron chi connectivity index (χ3n) is 5.39. The Morgan fingerprint density at radius 2 is 1.62 bits per heavy atom. The van der Waals surface area contributed by atoms with Gasteiger partial charge in [-0.2, -0.15) is 13.2 Å². The topological polar surface area (TPSA) is 57.7 Å². The molecule has 1 fully saturated rings. The van der Waals surface area contributed by atoms with Crippen molar-refractivity contribution in [3.8, 4) is 0 Å². The zero-order valence-electron chi connectivity index (χ0n) is 17.5. The van der Waals surface area contributed by atoms with Crippen LogP contribution in [0, 0.1) is 6.92 Å². The minimum Gasteiger partial charge on any atom is -0.341 e. The number of aryl methyl sites for hydroxylation is 1. The molecule has 0 unspecified atom stereocenters. The highest BCUT2D eigenvalue weighted by molar-refractivity contribution is 7.92. The van der Waals surface area contributed by atoms with Gasteiger partial charge in [0.25, 0.3) is 10.0 Å². The Morgan fingerprint density at radius 3 is 2.19 bits per heavy atom. The monoisotopic (exact) mass is 488 g/mol. The molecule has 2 aromatic rings. The van der Waals surface area contributed by atoms with Crippen LogP contribution in [0.5, 0.6) is 0 Å². The maximum atomic E-state index is 13.4. The summed E-state index contributed by atoms with van der Waals surface area (Å²) in [4.78, 5) is 14.4. The van der Waals surface area contributed by atoms with Crippen molar-refractivity contribution in [3.63, 3.8) is 0 Å². The lowest BCUT2D eigenvalue weighted by Crippen LogP contribution is -2.43. The van der Waals surface area contributed by atoms with Gasteiger partial charge in [-0.1, -0.05) is 42.1 Å². The molecular weight excluding hydrogens is 465 g/mol. The van der Waals surface area contributed by atoms with E-state index in [1.807, 2.05) is 0 Å². The maximum Gasteiger partial charge on any atom is 0.417 e. The fraction of sp³-hybridized carbons (Fsp3) is 0.409. The van der Waals surface area contributed by atoms with Gasteiger partial charge in [-0.05, 0) is 50.1 Å². The molecule has 5 nitrogen and oxygen atoms in total. The highest BCUT2D eigenvalue weighted by Crippen LogP contribution is 2.38. The Morgan fingerprint density at radius 1 is 1.03 bits per heavy atom. The Kier molecular flexibility index (Phi) is 7.39. The highest BCUT2D eigenvalue weighted by Gasteiger charge is 2.36. The quantitative estimate of drug-likeness (QED) is 0.576. The lowest BCUT2D eigenvalue weighted by atomic mass is 10.2. The van der Waals surface area contributed by atoms with Gasteiger partial charge in [0.15, 0.2) is 0 Å². The summed E-state index contributed by atoms with van der Waals surface area (Å²) in [6.07, 6.45) is -1.23. The third-order valence-corrected chi connectivity index (χ3v) is 7.51. The number of nitrogens with zero attached hydrogens (tertiary/aromatic N) is 2. The maximum absolute atomic E-state index is 13.4. The summed E-state index contributed by atoms with van der Waals surface area (Å²) in [5.74, 6) is -0.453. The Hall–Kier alpha value is -2.26. The molecule has 2 aromatic carbocycles. The zero-order valence-corrected chi connectivity index (χ0v) is 19.1. The molecule has 0 atom stereocenters. The van der Waals surface area contributed by atoms with Gasteiger partial charge in [-0.25, -0.2) is 8.42 Å². The molecular formula is C22H24ClF3N2O3S. The summed E-state index contributed by atoms with van der Waals surface area (Å²) >= 11 is 5.72. The molecule has 0 bridgehead atoms. The molecule has 3 rings (SSSR count). The molecule has 1 aliphatic heterocycles. The van der Waals surface area contributed by atoms with Crippen LogP contribution >= 0.6 is 11.6 Å². The summed E-state index contributed by atoms with van der Waals surface area (Å²) < 4.78 is 67.8. The predicted octanol–water partition coefficient (Wildman–Crippen LogP) is 5.27. The SMILES string of the molecule is Cc1ccc(S(=O)(=O)N(CC(=O)N2CCCCCC2)c2ccc(Cl)c(C(F)(F)F)c2)cc1. The van der Waals surface area contributed by atoms with E-state index in [-0.39, 0.29) is 10.6 Å². The molecule has 0 radical (unpaired) electrons. The molecule has 32 heavy (non-hydrogen) atoms. The average Bonchev–Trinajstić information content (AvgIpc) is 3.01. The van der Waals surface area contributed by atoms with Crippen molar-refractivity contribution in [1.29, 1.82) is 0 Å². The van der Waals surface area contributed by atoms with Crippen LogP contribution in [0.1, 0.15) is 36.8 Å². The second-order valence-corrected chi connectivity index (χ2v) is 10.1. The zero-order chi connectivity index (χ0) is 23.5. The number of amides is 1. The van der Waals surface area contributed by atoms with Crippen LogP contribution in [0.25, 0.3) is 0 Å². The van der Waals surface area contributed by atoms with Crippen LogP contribution in [0.15, 0.2) is 47.4 Å². The normalized spacial score (nSPS) is 15.3. The van der Waals surface area contributed by atoms with Crippen LogP contribution in [0.3, 0.4) is 0 Å². The van der Waals surface area contributed by atoms with Crippen molar-refractivity contribution in [2.24, 2.45) is 0 Å². The average molecular weight is 489 g/mol. The molecule has 0 aliphatic carbocycles. The Balaban J connectivity index is 2.05. The second-order valence-electron chi connectivity index (χ2n) is 7.78. The first-order chi connectivity index (χ1) is 15.0. The first kappa shape index (κ1) is 24.4. The molecule has 0 spiro atoms. The first-order valence-electron chi connectivity index (χ1n) is 10.2. The summed E-state index contributed by atoms with van der Waals surface area (Å²) in [5.41, 5.74) is -0.615. The Labute approximate surface area is 190 Å². The van der Waals surface area contributed by atoms with Gasteiger partial charge in [0.05, 0.1) is 21.2 Å². The number of benzene rings is 2. The molecule has 174 valence electrons. The van der Waals surface area contributed by atoms with Crippen LogP contribution in [0.2, 0.25) is 5.02 Å². The molecule has 1 amide bonds. The predicted molar refractivity (Wildman–Crippen MR) is 117 cm³/mol. The van der Waals surface area contributed by atoms with Crippen molar-refractivity contribution in [2.75, 3.05) is 23.9 Å². The van der Waals surface area contributed by atoms with E-state index in [0.29, 0.717) is 19.2 Å². The van der Waals surface area contributed by atoms with E-state index in [1.165, 1.54) is 18.2 Å². The summed E-state index contributed by atoms with van der Waals surface area (Å²) in [6.45, 7) is 2.16. The standard InChI is InChI=1S/C22H24ClF3N2O3S/c1-16-6-9-18(10-7-16)32(30,31)28(15-21(29)27-12-4-2-3-5-13-27)17-8-11-20(23)19(14-17)22(24,25)26/h6-11,14H,2-5,12-13,15H2,1H3. The van der Waals surface area contributed by atoms with Gasteiger partial charge in [-0.15, -0.1) is 0 Å². The molecule has 0 N–H and O–H groups in total. The minimum atomic E-state index is -4.78. The van der Waals surface area contributed by atoms with Gasteiger partial charge in [0.2, 0.25) is 5.91 Å². The van der Waals surface area contributed by atoms with Crippen molar-refractivity contribution in [3.05, 3.63) is 58.6 Å². The van der Waals surface area contributed by atoms with Crippen molar-refractivity contribution in [1.82, 2.24) is 4.90 Å². The number of hydrogen-bond acceptors (Lipinski definition) is 3.